The van der Waals surface area contributed by atoms with E-state index >= 15 is 0 Å². The fraction of sp³-hybridized carbons (Fsp3) is 0.273. The molecule has 0 unspecified atom stereocenters. The van der Waals surface area contributed by atoms with E-state index < -0.39 is 5.92 Å². The Balaban J connectivity index is 1.55. The minimum atomic E-state index is -0.454. The molecule has 0 fully saturated rings. The van der Waals surface area contributed by atoms with Crippen LogP contribution in [-0.4, -0.2) is 25.9 Å². The number of nitrogens with one attached hydrogen (secondary N) is 2. The summed E-state index contributed by atoms with van der Waals surface area (Å²) < 4.78 is 10.9. The number of methoxy groups -OCH3 is 2. The number of para-hydroxylation sites is 1. The molecule has 5 rings (SSSR count). The van der Waals surface area contributed by atoms with E-state index in [9.17, 15) is 9.59 Å². The molecule has 0 spiro atoms. The molecule has 2 aliphatic rings. The number of amides is 1. The van der Waals surface area contributed by atoms with Gasteiger partial charge in [-0.1, -0.05) is 54.1 Å². The van der Waals surface area contributed by atoms with Gasteiger partial charge in [0.1, 0.15) is 0 Å². The molecule has 6 nitrogen and oxygen atoms in total. The van der Waals surface area contributed by atoms with Crippen LogP contribution in [0.3, 0.4) is 0 Å². The topological polar surface area (TPSA) is 76.7 Å². The van der Waals surface area contributed by atoms with Crippen molar-refractivity contribution in [1.29, 1.82) is 0 Å². The van der Waals surface area contributed by atoms with E-state index in [0.29, 0.717) is 35.5 Å². The third kappa shape index (κ3) is 5.07. The normalized spacial score (nSPS) is 18.8. The molecule has 200 valence electrons. The van der Waals surface area contributed by atoms with Crippen molar-refractivity contribution in [3.63, 3.8) is 0 Å². The summed E-state index contributed by atoms with van der Waals surface area (Å²) in [7, 11) is 3.22. The first-order chi connectivity index (χ1) is 18.8. The van der Waals surface area contributed by atoms with E-state index in [4.69, 9.17) is 9.47 Å². The van der Waals surface area contributed by atoms with Gasteiger partial charge < -0.3 is 20.1 Å². The minimum absolute atomic E-state index is 0.0163. The van der Waals surface area contributed by atoms with Crippen LogP contribution in [0.5, 0.6) is 11.5 Å². The maximum absolute atomic E-state index is 13.9. The van der Waals surface area contributed by atoms with Crippen LogP contribution in [-0.2, 0) is 9.59 Å². The van der Waals surface area contributed by atoms with E-state index in [1.165, 1.54) is 0 Å². The average molecular weight is 523 g/mol. The van der Waals surface area contributed by atoms with Gasteiger partial charge in [-0.2, -0.15) is 0 Å². The number of ketones is 1. The SMILES string of the molecule is COc1ccc([C@@H]2CC(=O)C3=C(C2)NC(C)=C(C(=O)Nc2ccccc2C)[C@@H]3c2ccc(C)cc2)cc1OC. The number of benzene rings is 3. The second kappa shape index (κ2) is 10.8. The van der Waals surface area contributed by atoms with Crippen LogP contribution >= 0.6 is 0 Å². The number of rotatable bonds is 6. The van der Waals surface area contributed by atoms with Crippen LogP contribution in [0.1, 0.15) is 53.9 Å². The largest absolute Gasteiger partial charge is 0.493 e. The highest BCUT2D eigenvalue weighted by molar-refractivity contribution is 6.10. The first kappa shape index (κ1) is 26.3. The number of anilines is 1. The maximum atomic E-state index is 13.9. The van der Waals surface area contributed by atoms with Crippen LogP contribution in [0.25, 0.3) is 0 Å². The Morgan fingerprint density at radius 2 is 1.56 bits per heavy atom. The van der Waals surface area contributed by atoms with Crippen molar-refractivity contribution in [3.8, 4) is 11.5 Å². The lowest BCUT2D eigenvalue weighted by atomic mass is 9.71. The number of aryl methyl sites for hydroxylation is 2. The third-order valence-corrected chi connectivity index (χ3v) is 7.76. The van der Waals surface area contributed by atoms with Gasteiger partial charge in [0, 0.05) is 40.6 Å². The van der Waals surface area contributed by atoms with E-state index in [2.05, 4.69) is 10.6 Å². The monoisotopic (exact) mass is 522 g/mol. The molecule has 6 heteroatoms. The number of carbonyl (C=O) groups excluding carboxylic acids is 2. The Labute approximate surface area is 229 Å². The van der Waals surface area contributed by atoms with Crippen LogP contribution in [0.4, 0.5) is 5.69 Å². The van der Waals surface area contributed by atoms with Crippen LogP contribution in [0, 0.1) is 13.8 Å². The Kier molecular flexibility index (Phi) is 7.29. The summed E-state index contributed by atoms with van der Waals surface area (Å²) in [6.07, 6.45) is 1.01. The predicted molar refractivity (Wildman–Crippen MR) is 153 cm³/mol. The zero-order valence-electron chi connectivity index (χ0n) is 23.1. The summed E-state index contributed by atoms with van der Waals surface area (Å²) in [5.41, 5.74) is 7.69. The molecule has 0 saturated heterocycles. The Morgan fingerprint density at radius 1 is 0.872 bits per heavy atom. The first-order valence-electron chi connectivity index (χ1n) is 13.2. The van der Waals surface area contributed by atoms with Gasteiger partial charge in [-0.25, -0.2) is 0 Å². The number of dihydropyridines is 1. The van der Waals surface area contributed by atoms with Crippen molar-refractivity contribution in [2.75, 3.05) is 19.5 Å². The van der Waals surface area contributed by atoms with E-state index in [1.807, 2.05) is 87.5 Å². The summed E-state index contributed by atoms with van der Waals surface area (Å²) in [5, 5.41) is 6.56. The first-order valence-corrected chi connectivity index (χ1v) is 13.2. The average Bonchev–Trinajstić information content (AvgIpc) is 2.93. The fourth-order valence-corrected chi connectivity index (χ4v) is 5.68. The highest BCUT2D eigenvalue weighted by Gasteiger charge is 2.41. The quantitative estimate of drug-likeness (QED) is 0.396. The standard InChI is InChI=1S/C33H34N2O4/c1-19-10-12-22(13-11-19)31-30(33(37)35-25-9-7-6-8-20(25)2)21(3)34-26-16-24(17-27(36)32(26)31)23-14-15-28(38-4)29(18-23)39-5/h6-15,18,24,31,34H,16-17H2,1-5H3,(H,35,37)/t24-,31-/m0/s1. The summed E-state index contributed by atoms with van der Waals surface area (Å²) in [5.74, 6) is 0.662. The van der Waals surface area contributed by atoms with Crippen molar-refractivity contribution in [3.05, 3.63) is 112 Å². The summed E-state index contributed by atoms with van der Waals surface area (Å²) >= 11 is 0. The molecule has 39 heavy (non-hydrogen) atoms. The van der Waals surface area contributed by atoms with Crippen molar-refractivity contribution in [2.24, 2.45) is 0 Å². The van der Waals surface area contributed by atoms with Crippen LogP contribution in [0.2, 0.25) is 0 Å². The molecule has 2 N–H and O–H groups in total. The molecule has 0 radical (unpaired) electrons. The molecular formula is C33H34N2O4. The van der Waals surface area contributed by atoms with E-state index in [1.54, 1.807) is 14.2 Å². The van der Waals surface area contributed by atoms with Crippen molar-refractivity contribution >= 4 is 17.4 Å². The van der Waals surface area contributed by atoms with Gasteiger partial charge in [0.2, 0.25) is 0 Å². The molecule has 3 aromatic carbocycles. The number of Topliss-reactive ketones (excluding diaryl/α,β-unsaturated/α-hetero) is 1. The molecule has 2 atom stereocenters. The van der Waals surface area contributed by atoms with Crippen molar-refractivity contribution in [2.45, 2.75) is 45.4 Å². The summed E-state index contributed by atoms with van der Waals surface area (Å²) in [4.78, 5) is 27.7. The Hall–Kier alpha value is -4.32. The van der Waals surface area contributed by atoms with Crippen molar-refractivity contribution < 1.29 is 19.1 Å². The van der Waals surface area contributed by atoms with Gasteiger partial charge in [0.05, 0.1) is 14.2 Å². The lowest BCUT2D eigenvalue weighted by molar-refractivity contribution is -0.116. The molecule has 1 amide bonds. The number of hydrogen-bond donors (Lipinski definition) is 2. The van der Waals surface area contributed by atoms with Gasteiger partial charge in [0.25, 0.3) is 5.91 Å². The number of hydrogen-bond acceptors (Lipinski definition) is 5. The number of ether oxygens (including phenoxy) is 2. The third-order valence-electron chi connectivity index (χ3n) is 7.76. The lowest BCUT2D eigenvalue weighted by Crippen LogP contribution is -2.37. The lowest BCUT2D eigenvalue weighted by Gasteiger charge is -2.37. The molecule has 0 saturated carbocycles. The molecule has 1 aliphatic carbocycles. The van der Waals surface area contributed by atoms with Gasteiger partial charge in [0.15, 0.2) is 17.3 Å². The minimum Gasteiger partial charge on any atom is -0.493 e. The zero-order valence-corrected chi connectivity index (χ0v) is 23.1. The highest BCUT2D eigenvalue weighted by atomic mass is 16.5. The molecule has 3 aromatic rings. The molecule has 0 aromatic heterocycles. The van der Waals surface area contributed by atoms with Gasteiger partial charge >= 0.3 is 0 Å². The predicted octanol–water partition coefficient (Wildman–Crippen LogP) is 6.32. The van der Waals surface area contributed by atoms with Crippen molar-refractivity contribution in [1.82, 2.24) is 5.32 Å². The van der Waals surface area contributed by atoms with E-state index in [0.717, 1.165) is 39.3 Å². The second-order valence-electron chi connectivity index (χ2n) is 10.3. The Bertz CT molecular complexity index is 1500. The molecular weight excluding hydrogens is 488 g/mol. The van der Waals surface area contributed by atoms with Crippen LogP contribution < -0.4 is 20.1 Å². The summed E-state index contributed by atoms with van der Waals surface area (Å²) in [6, 6.07) is 21.6. The van der Waals surface area contributed by atoms with Crippen LogP contribution in [0.15, 0.2) is 89.3 Å². The maximum Gasteiger partial charge on any atom is 0.254 e. The molecule has 1 heterocycles. The highest BCUT2D eigenvalue weighted by Crippen LogP contribution is 2.46. The second-order valence-corrected chi connectivity index (χ2v) is 10.3. The summed E-state index contributed by atoms with van der Waals surface area (Å²) in [6.45, 7) is 5.92. The van der Waals surface area contributed by atoms with Gasteiger partial charge in [-0.3, -0.25) is 9.59 Å². The van der Waals surface area contributed by atoms with E-state index in [-0.39, 0.29) is 17.6 Å². The molecule has 0 bridgehead atoms. The zero-order chi connectivity index (χ0) is 27.7. The number of carbonyl (C=O) groups is 2. The van der Waals surface area contributed by atoms with Gasteiger partial charge in [-0.05, 0) is 68.0 Å². The number of allylic oxidation sites excluding steroid dienone is 3. The molecule has 1 aliphatic heterocycles. The van der Waals surface area contributed by atoms with Gasteiger partial charge in [-0.15, -0.1) is 0 Å². The fourth-order valence-electron chi connectivity index (χ4n) is 5.68. The Morgan fingerprint density at radius 3 is 2.26 bits per heavy atom. The smallest absolute Gasteiger partial charge is 0.254 e.